The van der Waals surface area contributed by atoms with Gasteiger partial charge in [0, 0.05) is 0 Å². The Morgan fingerprint density at radius 1 is 1.12 bits per heavy atom. The van der Waals surface area contributed by atoms with E-state index in [1.54, 1.807) is 7.11 Å². The maximum absolute atomic E-state index is 5.14. The summed E-state index contributed by atoms with van der Waals surface area (Å²) in [5.74, 6) is 1.75. The molecule has 0 aliphatic rings. The fourth-order valence-corrected chi connectivity index (χ4v) is 1.91. The van der Waals surface area contributed by atoms with Crippen LogP contribution in [-0.4, -0.2) is 20.2 Å². The molecule has 1 rings (SSSR count). The van der Waals surface area contributed by atoms with E-state index in [1.807, 2.05) is 12.1 Å². The van der Waals surface area contributed by atoms with Gasteiger partial charge in [-0.25, -0.2) is 0 Å². The largest absolute Gasteiger partial charge is 0.497 e. The summed E-state index contributed by atoms with van der Waals surface area (Å²) in [6.45, 7) is 6.73. The molecule has 17 heavy (non-hydrogen) atoms. The standard InChI is InChI=1S/C15H25NO/c1-4-13(5-2)12-16-11-10-14-6-8-15(17-3)9-7-14/h6-9,13,16H,4-5,10-12H2,1-3H3. The fraction of sp³-hybridized carbons (Fsp3) is 0.600. The maximum Gasteiger partial charge on any atom is 0.118 e. The van der Waals surface area contributed by atoms with E-state index >= 15 is 0 Å². The van der Waals surface area contributed by atoms with Crippen molar-refractivity contribution in [2.75, 3.05) is 20.2 Å². The Labute approximate surface area is 105 Å². The molecule has 2 nitrogen and oxygen atoms in total. The molecule has 0 spiro atoms. The van der Waals surface area contributed by atoms with Gasteiger partial charge in [0.2, 0.25) is 0 Å². The number of rotatable bonds is 8. The molecule has 96 valence electrons. The van der Waals surface area contributed by atoms with Gasteiger partial charge in [-0.2, -0.15) is 0 Å². The molecule has 0 heterocycles. The molecule has 0 unspecified atom stereocenters. The van der Waals surface area contributed by atoms with Crippen LogP contribution in [0.5, 0.6) is 5.75 Å². The molecule has 1 N–H and O–H groups in total. The number of ether oxygens (including phenoxy) is 1. The minimum absolute atomic E-state index is 0.825. The van der Waals surface area contributed by atoms with Crippen molar-refractivity contribution < 1.29 is 4.74 Å². The van der Waals surface area contributed by atoms with Gasteiger partial charge in [-0.05, 0) is 43.1 Å². The van der Waals surface area contributed by atoms with Crippen molar-refractivity contribution in [3.05, 3.63) is 29.8 Å². The third-order valence-corrected chi connectivity index (χ3v) is 3.34. The van der Waals surface area contributed by atoms with Gasteiger partial charge in [-0.15, -0.1) is 0 Å². The molecule has 0 saturated heterocycles. The van der Waals surface area contributed by atoms with E-state index in [4.69, 9.17) is 4.74 Å². The zero-order chi connectivity index (χ0) is 12.5. The van der Waals surface area contributed by atoms with Gasteiger partial charge in [-0.1, -0.05) is 38.8 Å². The zero-order valence-electron chi connectivity index (χ0n) is 11.3. The second-order valence-corrected chi connectivity index (χ2v) is 4.48. The van der Waals surface area contributed by atoms with Gasteiger partial charge in [0.05, 0.1) is 7.11 Å². The van der Waals surface area contributed by atoms with Crippen molar-refractivity contribution >= 4 is 0 Å². The lowest BCUT2D eigenvalue weighted by Gasteiger charge is -2.13. The van der Waals surface area contributed by atoms with Crippen molar-refractivity contribution in [3.63, 3.8) is 0 Å². The highest BCUT2D eigenvalue weighted by atomic mass is 16.5. The summed E-state index contributed by atoms with van der Waals surface area (Å²) >= 11 is 0. The molecule has 0 aromatic heterocycles. The quantitative estimate of drug-likeness (QED) is 0.698. The molecule has 0 aliphatic heterocycles. The van der Waals surface area contributed by atoms with Crippen LogP contribution < -0.4 is 10.1 Å². The molecule has 0 bridgehead atoms. The lowest BCUT2D eigenvalue weighted by atomic mass is 10.0. The average molecular weight is 235 g/mol. The lowest BCUT2D eigenvalue weighted by molar-refractivity contribution is 0.414. The Morgan fingerprint density at radius 3 is 2.29 bits per heavy atom. The Hall–Kier alpha value is -1.02. The molecule has 0 atom stereocenters. The van der Waals surface area contributed by atoms with Crippen LogP contribution in [0.3, 0.4) is 0 Å². The van der Waals surface area contributed by atoms with Crippen molar-refractivity contribution in [1.29, 1.82) is 0 Å². The molecular weight excluding hydrogens is 210 g/mol. The first-order chi connectivity index (χ1) is 8.30. The van der Waals surface area contributed by atoms with Crippen LogP contribution in [0.25, 0.3) is 0 Å². The summed E-state index contributed by atoms with van der Waals surface area (Å²) < 4.78 is 5.14. The molecular formula is C15H25NO. The minimum atomic E-state index is 0.825. The maximum atomic E-state index is 5.14. The summed E-state index contributed by atoms with van der Waals surface area (Å²) in [6.07, 6.45) is 3.63. The molecule has 0 aliphatic carbocycles. The Morgan fingerprint density at radius 2 is 1.76 bits per heavy atom. The SMILES string of the molecule is CCC(CC)CNCCc1ccc(OC)cc1. The number of hydrogen-bond donors (Lipinski definition) is 1. The molecule has 0 saturated carbocycles. The first kappa shape index (κ1) is 14.0. The molecule has 1 aromatic rings. The first-order valence-corrected chi connectivity index (χ1v) is 6.63. The predicted molar refractivity (Wildman–Crippen MR) is 73.6 cm³/mol. The molecule has 0 amide bonds. The van der Waals surface area contributed by atoms with E-state index in [1.165, 1.54) is 18.4 Å². The number of hydrogen-bond acceptors (Lipinski definition) is 2. The lowest BCUT2D eigenvalue weighted by Crippen LogP contribution is -2.24. The van der Waals surface area contributed by atoms with E-state index in [9.17, 15) is 0 Å². The zero-order valence-corrected chi connectivity index (χ0v) is 11.3. The Balaban J connectivity index is 2.21. The highest BCUT2D eigenvalue weighted by Crippen LogP contribution is 2.11. The first-order valence-electron chi connectivity index (χ1n) is 6.63. The minimum Gasteiger partial charge on any atom is -0.497 e. The number of nitrogens with one attached hydrogen (secondary N) is 1. The van der Waals surface area contributed by atoms with Gasteiger partial charge in [0.1, 0.15) is 5.75 Å². The third kappa shape index (κ3) is 5.22. The van der Waals surface area contributed by atoms with Gasteiger partial charge < -0.3 is 10.1 Å². The Kier molecular flexibility index (Phi) is 6.71. The van der Waals surface area contributed by atoms with Crippen molar-refractivity contribution in [1.82, 2.24) is 5.32 Å². The predicted octanol–water partition coefficient (Wildman–Crippen LogP) is 3.26. The van der Waals surface area contributed by atoms with Crippen molar-refractivity contribution in [2.45, 2.75) is 33.1 Å². The molecule has 0 fully saturated rings. The van der Waals surface area contributed by atoms with Crippen LogP contribution in [-0.2, 0) is 6.42 Å². The number of benzene rings is 1. The van der Waals surface area contributed by atoms with Crippen LogP contribution in [0.15, 0.2) is 24.3 Å². The van der Waals surface area contributed by atoms with E-state index in [0.29, 0.717) is 0 Å². The van der Waals surface area contributed by atoms with Crippen LogP contribution in [0, 0.1) is 5.92 Å². The smallest absolute Gasteiger partial charge is 0.118 e. The summed E-state index contributed by atoms with van der Waals surface area (Å²) in [5, 5.41) is 3.53. The third-order valence-electron chi connectivity index (χ3n) is 3.34. The van der Waals surface area contributed by atoms with Crippen LogP contribution in [0.4, 0.5) is 0 Å². The second kappa shape index (κ2) is 8.13. The second-order valence-electron chi connectivity index (χ2n) is 4.48. The topological polar surface area (TPSA) is 21.3 Å². The van der Waals surface area contributed by atoms with Crippen LogP contribution in [0.1, 0.15) is 32.3 Å². The Bertz CT molecular complexity index is 290. The van der Waals surface area contributed by atoms with Crippen LogP contribution in [0.2, 0.25) is 0 Å². The monoisotopic (exact) mass is 235 g/mol. The molecule has 2 heteroatoms. The van der Waals surface area contributed by atoms with Gasteiger partial charge in [0.25, 0.3) is 0 Å². The molecule has 1 aromatic carbocycles. The summed E-state index contributed by atoms with van der Waals surface area (Å²) in [7, 11) is 1.70. The fourth-order valence-electron chi connectivity index (χ4n) is 1.91. The van der Waals surface area contributed by atoms with E-state index in [0.717, 1.165) is 31.2 Å². The highest BCUT2D eigenvalue weighted by molar-refractivity contribution is 5.27. The summed E-state index contributed by atoms with van der Waals surface area (Å²) in [4.78, 5) is 0. The number of methoxy groups -OCH3 is 1. The normalized spacial score (nSPS) is 10.8. The van der Waals surface area contributed by atoms with Gasteiger partial charge in [-0.3, -0.25) is 0 Å². The van der Waals surface area contributed by atoms with E-state index in [2.05, 4.69) is 31.3 Å². The summed E-state index contributed by atoms with van der Waals surface area (Å²) in [6, 6.07) is 8.32. The van der Waals surface area contributed by atoms with Crippen molar-refractivity contribution in [2.24, 2.45) is 5.92 Å². The van der Waals surface area contributed by atoms with Crippen molar-refractivity contribution in [3.8, 4) is 5.75 Å². The van der Waals surface area contributed by atoms with Gasteiger partial charge in [0.15, 0.2) is 0 Å². The van der Waals surface area contributed by atoms with E-state index < -0.39 is 0 Å². The van der Waals surface area contributed by atoms with Crippen LogP contribution >= 0.6 is 0 Å². The van der Waals surface area contributed by atoms with E-state index in [-0.39, 0.29) is 0 Å². The van der Waals surface area contributed by atoms with Gasteiger partial charge >= 0.3 is 0 Å². The average Bonchev–Trinajstić information content (AvgIpc) is 2.40. The molecule has 0 radical (unpaired) electrons. The summed E-state index contributed by atoms with van der Waals surface area (Å²) in [5.41, 5.74) is 1.36. The highest BCUT2D eigenvalue weighted by Gasteiger charge is 2.01.